The van der Waals surface area contributed by atoms with Crippen LogP contribution in [-0.4, -0.2) is 51.1 Å². The van der Waals surface area contributed by atoms with Crippen LogP contribution in [-0.2, 0) is 4.79 Å². The van der Waals surface area contributed by atoms with E-state index in [-0.39, 0.29) is 12.7 Å². The van der Waals surface area contributed by atoms with Crippen LogP contribution >= 0.6 is 0 Å². The molecule has 0 radical (unpaired) electrons. The van der Waals surface area contributed by atoms with E-state index >= 15 is 0 Å². The molecule has 0 amide bonds. The van der Waals surface area contributed by atoms with Gasteiger partial charge in [0.1, 0.15) is 18.3 Å². The molecule has 74 valence electrons. The SMILES string of the molecule is N#CC[C@@H](O)[C@@H](O)[C@H](O)[C@H](O)C=O. The first-order valence-corrected chi connectivity index (χ1v) is 3.59. The summed E-state index contributed by atoms with van der Waals surface area (Å²) in [6.45, 7) is 0. The molecule has 0 spiro atoms. The Hall–Kier alpha value is -1.00. The fraction of sp³-hybridized carbons (Fsp3) is 0.714. The zero-order chi connectivity index (χ0) is 10.4. The van der Waals surface area contributed by atoms with Crippen molar-refractivity contribution >= 4 is 6.29 Å². The third-order valence-corrected chi connectivity index (χ3v) is 1.53. The fourth-order valence-electron chi connectivity index (χ4n) is 0.724. The molecular formula is C7H11NO5. The molecule has 6 heteroatoms. The van der Waals surface area contributed by atoms with Crippen molar-refractivity contribution in [3.63, 3.8) is 0 Å². The van der Waals surface area contributed by atoms with Crippen molar-refractivity contribution in [1.29, 1.82) is 5.26 Å². The first-order valence-electron chi connectivity index (χ1n) is 3.59. The van der Waals surface area contributed by atoms with Gasteiger partial charge in [0.25, 0.3) is 0 Å². The first kappa shape index (κ1) is 12.0. The van der Waals surface area contributed by atoms with E-state index in [9.17, 15) is 4.79 Å². The molecule has 0 fully saturated rings. The third-order valence-electron chi connectivity index (χ3n) is 1.53. The number of aldehydes is 1. The highest BCUT2D eigenvalue weighted by atomic mass is 16.4. The monoisotopic (exact) mass is 189 g/mol. The van der Waals surface area contributed by atoms with Crippen molar-refractivity contribution in [1.82, 2.24) is 0 Å². The molecule has 0 aromatic rings. The standard InChI is InChI=1S/C7H11NO5/c8-2-1-4(10)6(12)7(13)5(11)3-9/h3-7,10-13H,1H2/t4-,5-,6-,7-/m1/s1. The Labute approximate surface area is 74.7 Å². The van der Waals surface area contributed by atoms with Crippen LogP contribution in [0.2, 0.25) is 0 Å². The second kappa shape index (κ2) is 5.61. The van der Waals surface area contributed by atoms with Gasteiger partial charge in [-0.2, -0.15) is 5.26 Å². The van der Waals surface area contributed by atoms with E-state index in [2.05, 4.69) is 0 Å². The molecule has 0 heterocycles. The summed E-state index contributed by atoms with van der Waals surface area (Å²) in [5.74, 6) is 0. The van der Waals surface area contributed by atoms with E-state index < -0.39 is 24.4 Å². The highest BCUT2D eigenvalue weighted by Gasteiger charge is 2.29. The minimum atomic E-state index is -1.78. The molecule has 4 N–H and O–H groups in total. The van der Waals surface area contributed by atoms with Gasteiger partial charge in [-0.15, -0.1) is 0 Å². The summed E-state index contributed by atoms with van der Waals surface area (Å²) in [5.41, 5.74) is 0. The van der Waals surface area contributed by atoms with Gasteiger partial charge in [-0.3, -0.25) is 0 Å². The summed E-state index contributed by atoms with van der Waals surface area (Å²) in [6, 6.07) is 1.57. The lowest BCUT2D eigenvalue weighted by Gasteiger charge is -2.22. The molecule has 0 aliphatic rings. The molecule has 0 bridgehead atoms. The number of aliphatic hydroxyl groups excluding tert-OH is 4. The molecule has 0 rings (SSSR count). The molecule has 13 heavy (non-hydrogen) atoms. The van der Waals surface area contributed by atoms with Crippen LogP contribution in [0.15, 0.2) is 0 Å². The number of aliphatic hydroxyl groups is 4. The lowest BCUT2D eigenvalue weighted by atomic mass is 10.0. The number of carbonyl (C=O) groups excluding carboxylic acids is 1. The van der Waals surface area contributed by atoms with Crippen molar-refractivity contribution in [3.8, 4) is 6.07 Å². The van der Waals surface area contributed by atoms with Crippen LogP contribution in [0.5, 0.6) is 0 Å². The van der Waals surface area contributed by atoms with Crippen molar-refractivity contribution in [3.05, 3.63) is 0 Å². The first-order chi connectivity index (χ1) is 6.04. The maximum absolute atomic E-state index is 9.96. The van der Waals surface area contributed by atoms with E-state index in [1.807, 2.05) is 0 Å². The number of nitriles is 1. The highest BCUT2D eigenvalue weighted by Crippen LogP contribution is 2.06. The summed E-state index contributed by atoms with van der Waals surface area (Å²) in [5, 5.41) is 43.9. The average molecular weight is 189 g/mol. The Bertz CT molecular complexity index is 202. The van der Waals surface area contributed by atoms with Gasteiger partial charge in [0, 0.05) is 0 Å². The summed E-state index contributed by atoms with van der Waals surface area (Å²) >= 11 is 0. The maximum atomic E-state index is 9.96. The molecule has 0 unspecified atom stereocenters. The maximum Gasteiger partial charge on any atom is 0.151 e. The minimum Gasteiger partial charge on any atom is -0.389 e. The number of rotatable bonds is 5. The number of hydrogen-bond acceptors (Lipinski definition) is 6. The topological polar surface area (TPSA) is 122 Å². The van der Waals surface area contributed by atoms with Crippen LogP contribution in [0.3, 0.4) is 0 Å². The summed E-state index contributed by atoms with van der Waals surface area (Å²) < 4.78 is 0. The molecule has 0 saturated carbocycles. The van der Waals surface area contributed by atoms with E-state index in [4.69, 9.17) is 25.7 Å². The molecule has 4 atom stereocenters. The van der Waals surface area contributed by atoms with Gasteiger partial charge >= 0.3 is 0 Å². The van der Waals surface area contributed by atoms with E-state index in [1.165, 1.54) is 0 Å². The summed E-state index contributed by atoms with van der Waals surface area (Å²) in [6.07, 6.45) is -7.07. The smallest absolute Gasteiger partial charge is 0.151 e. The van der Waals surface area contributed by atoms with E-state index in [0.717, 1.165) is 0 Å². The zero-order valence-electron chi connectivity index (χ0n) is 6.74. The lowest BCUT2D eigenvalue weighted by molar-refractivity contribution is -0.133. The van der Waals surface area contributed by atoms with Crippen molar-refractivity contribution in [2.75, 3.05) is 0 Å². The minimum absolute atomic E-state index is 0.0347. The quantitative estimate of drug-likeness (QED) is 0.356. The van der Waals surface area contributed by atoms with Gasteiger partial charge < -0.3 is 25.2 Å². The molecule has 0 aliphatic heterocycles. The molecular weight excluding hydrogens is 178 g/mol. The van der Waals surface area contributed by atoms with Crippen LogP contribution in [0.4, 0.5) is 0 Å². The zero-order valence-corrected chi connectivity index (χ0v) is 6.74. The van der Waals surface area contributed by atoms with Crippen molar-refractivity contribution in [2.45, 2.75) is 30.8 Å². The summed E-state index contributed by atoms with van der Waals surface area (Å²) in [4.78, 5) is 9.96. The van der Waals surface area contributed by atoms with Crippen molar-refractivity contribution < 1.29 is 25.2 Å². The van der Waals surface area contributed by atoms with Crippen LogP contribution in [0.1, 0.15) is 6.42 Å². The average Bonchev–Trinajstić information content (AvgIpc) is 2.14. The lowest BCUT2D eigenvalue weighted by Crippen LogP contribution is -2.44. The number of nitrogens with zero attached hydrogens (tertiary/aromatic N) is 1. The predicted octanol–water partition coefficient (Wildman–Crippen LogP) is -2.46. The Morgan fingerprint density at radius 1 is 1.23 bits per heavy atom. The summed E-state index contributed by atoms with van der Waals surface area (Å²) in [7, 11) is 0. The molecule has 0 saturated heterocycles. The fourth-order valence-corrected chi connectivity index (χ4v) is 0.724. The molecule has 0 aromatic heterocycles. The highest BCUT2D eigenvalue weighted by molar-refractivity contribution is 5.56. The van der Waals surface area contributed by atoms with Crippen LogP contribution in [0, 0.1) is 11.3 Å². The predicted molar refractivity (Wildman–Crippen MR) is 40.3 cm³/mol. The second-order valence-electron chi connectivity index (χ2n) is 2.54. The third kappa shape index (κ3) is 3.48. The number of carbonyl (C=O) groups is 1. The van der Waals surface area contributed by atoms with Gasteiger partial charge in [-0.05, 0) is 0 Å². The molecule has 6 nitrogen and oxygen atoms in total. The van der Waals surface area contributed by atoms with Crippen LogP contribution in [0.25, 0.3) is 0 Å². The van der Waals surface area contributed by atoms with Gasteiger partial charge in [-0.25, -0.2) is 0 Å². The number of hydrogen-bond donors (Lipinski definition) is 4. The van der Waals surface area contributed by atoms with E-state index in [1.54, 1.807) is 6.07 Å². The van der Waals surface area contributed by atoms with Gasteiger partial charge in [0.15, 0.2) is 6.29 Å². The molecule has 0 aromatic carbocycles. The largest absolute Gasteiger partial charge is 0.389 e. The van der Waals surface area contributed by atoms with E-state index in [0.29, 0.717) is 0 Å². The Balaban J connectivity index is 4.16. The second-order valence-corrected chi connectivity index (χ2v) is 2.54. The van der Waals surface area contributed by atoms with Gasteiger partial charge in [-0.1, -0.05) is 0 Å². The Morgan fingerprint density at radius 3 is 2.15 bits per heavy atom. The molecule has 0 aliphatic carbocycles. The Kier molecular flexibility index (Phi) is 5.18. The van der Waals surface area contributed by atoms with Gasteiger partial charge in [0.2, 0.25) is 0 Å². The van der Waals surface area contributed by atoms with Crippen LogP contribution < -0.4 is 0 Å². The van der Waals surface area contributed by atoms with Gasteiger partial charge in [0.05, 0.1) is 18.6 Å². The normalized spacial score (nSPS) is 19.6. The Morgan fingerprint density at radius 2 is 1.77 bits per heavy atom. The van der Waals surface area contributed by atoms with Crippen molar-refractivity contribution in [2.24, 2.45) is 0 Å².